The summed E-state index contributed by atoms with van der Waals surface area (Å²) >= 11 is 0. The number of halogens is 1. The van der Waals surface area contributed by atoms with Crippen molar-refractivity contribution >= 4 is 6.09 Å². The summed E-state index contributed by atoms with van der Waals surface area (Å²) in [7, 11) is 0. The molecule has 2 aliphatic rings. The van der Waals surface area contributed by atoms with Crippen molar-refractivity contribution in [2.24, 2.45) is 5.73 Å². The van der Waals surface area contributed by atoms with Crippen molar-refractivity contribution in [2.45, 2.75) is 69.9 Å². The fraction of sp³-hybridized carbons (Fsp3) is 0.917. The van der Waals surface area contributed by atoms with Gasteiger partial charge in [0, 0.05) is 12.1 Å². The quantitative estimate of drug-likeness (QED) is 0.707. The Hall–Kier alpha value is -0.840. The molecule has 0 aromatic heterocycles. The topological polar surface area (TPSA) is 55.6 Å². The van der Waals surface area contributed by atoms with E-state index in [2.05, 4.69) is 0 Å². The summed E-state index contributed by atoms with van der Waals surface area (Å²) < 4.78 is 19.3. The van der Waals surface area contributed by atoms with E-state index < -0.39 is 29.9 Å². The van der Waals surface area contributed by atoms with Gasteiger partial charge in [-0.05, 0) is 40.0 Å². The molecular formula is C12H21FN2O2. The molecule has 2 saturated heterocycles. The summed E-state index contributed by atoms with van der Waals surface area (Å²) in [6.45, 7) is 5.44. The van der Waals surface area contributed by atoms with E-state index in [1.807, 2.05) is 20.8 Å². The molecule has 4 nitrogen and oxygen atoms in total. The van der Waals surface area contributed by atoms with E-state index in [-0.39, 0.29) is 6.04 Å². The highest BCUT2D eigenvalue weighted by atomic mass is 19.1. The van der Waals surface area contributed by atoms with Crippen molar-refractivity contribution in [3.63, 3.8) is 0 Å². The number of alkyl halides is 1. The third-order valence-corrected chi connectivity index (χ3v) is 3.47. The van der Waals surface area contributed by atoms with Crippen LogP contribution < -0.4 is 5.73 Å². The van der Waals surface area contributed by atoms with Crippen molar-refractivity contribution in [2.75, 3.05) is 0 Å². The third-order valence-electron chi connectivity index (χ3n) is 3.47. The lowest BCUT2D eigenvalue weighted by Crippen LogP contribution is -2.57. The number of amides is 1. The van der Waals surface area contributed by atoms with Crippen LogP contribution >= 0.6 is 0 Å². The number of fused-ring (bicyclic) bond motifs is 2. The number of nitrogens with two attached hydrogens (primary N) is 1. The maximum atomic E-state index is 13.9. The first-order valence-corrected chi connectivity index (χ1v) is 6.20. The van der Waals surface area contributed by atoms with Crippen molar-refractivity contribution in [3.8, 4) is 0 Å². The van der Waals surface area contributed by atoms with Crippen molar-refractivity contribution in [3.05, 3.63) is 0 Å². The first-order chi connectivity index (χ1) is 7.79. The Morgan fingerprint density at radius 2 is 2.06 bits per heavy atom. The maximum Gasteiger partial charge on any atom is 0.410 e. The van der Waals surface area contributed by atoms with Crippen LogP contribution in [0.1, 0.15) is 40.0 Å². The second-order valence-electron chi connectivity index (χ2n) is 6.03. The Kier molecular flexibility index (Phi) is 3.06. The van der Waals surface area contributed by atoms with Crippen LogP contribution in [0.2, 0.25) is 0 Å². The molecule has 0 aliphatic carbocycles. The molecule has 0 aromatic carbocycles. The SMILES string of the molecule is CC(C)(C)OC(=O)N1[C@@H]2CC[C@@H]1[C@H](F)[C@H](N)C2. The minimum absolute atomic E-state index is 0.0526. The number of hydrogen-bond donors (Lipinski definition) is 1. The van der Waals surface area contributed by atoms with Gasteiger partial charge in [0.05, 0.1) is 6.04 Å². The molecule has 0 radical (unpaired) electrons. The predicted molar refractivity (Wildman–Crippen MR) is 62.4 cm³/mol. The summed E-state index contributed by atoms with van der Waals surface area (Å²) in [4.78, 5) is 13.6. The van der Waals surface area contributed by atoms with E-state index in [0.29, 0.717) is 12.8 Å². The molecule has 0 aromatic rings. The molecular weight excluding hydrogens is 223 g/mol. The lowest BCUT2D eigenvalue weighted by molar-refractivity contribution is -0.00988. The zero-order valence-corrected chi connectivity index (χ0v) is 10.6. The highest BCUT2D eigenvalue weighted by Gasteiger charge is 2.49. The first kappa shape index (κ1) is 12.6. The molecule has 1 amide bonds. The fourth-order valence-corrected chi connectivity index (χ4v) is 2.78. The molecule has 2 rings (SSSR count). The van der Waals surface area contributed by atoms with E-state index in [4.69, 9.17) is 10.5 Å². The molecule has 2 heterocycles. The lowest BCUT2D eigenvalue weighted by atomic mass is 9.97. The summed E-state index contributed by atoms with van der Waals surface area (Å²) in [6.07, 6.45) is 0.536. The molecule has 0 spiro atoms. The predicted octanol–water partition coefficient (Wildman–Crippen LogP) is 1.82. The van der Waals surface area contributed by atoms with Crippen LogP contribution in [-0.2, 0) is 4.74 Å². The van der Waals surface area contributed by atoms with Crippen LogP contribution in [0, 0.1) is 0 Å². The summed E-state index contributed by atoms with van der Waals surface area (Å²) in [5.74, 6) is 0. The minimum Gasteiger partial charge on any atom is -0.444 e. The van der Waals surface area contributed by atoms with Crippen LogP contribution in [0.25, 0.3) is 0 Å². The molecule has 98 valence electrons. The van der Waals surface area contributed by atoms with Crippen LogP contribution in [0.4, 0.5) is 9.18 Å². The van der Waals surface area contributed by atoms with Crippen molar-refractivity contribution in [1.82, 2.24) is 4.90 Å². The molecule has 2 fully saturated rings. The Morgan fingerprint density at radius 1 is 1.41 bits per heavy atom. The van der Waals surface area contributed by atoms with Gasteiger partial charge in [-0.1, -0.05) is 0 Å². The van der Waals surface area contributed by atoms with Gasteiger partial charge >= 0.3 is 6.09 Å². The number of ether oxygens (including phenoxy) is 1. The molecule has 0 unspecified atom stereocenters. The van der Waals surface area contributed by atoms with Gasteiger partial charge in [-0.15, -0.1) is 0 Å². The highest BCUT2D eigenvalue weighted by Crippen LogP contribution is 2.37. The van der Waals surface area contributed by atoms with Gasteiger partial charge in [-0.2, -0.15) is 0 Å². The van der Waals surface area contributed by atoms with E-state index >= 15 is 0 Å². The van der Waals surface area contributed by atoms with Crippen LogP contribution in [0.15, 0.2) is 0 Å². The molecule has 4 atom stereocenters. The monoisotopic (exact) mass is 244 g/mol. The van der Waals surface area contributed by atoms with Crippen molar-refractivity contribution in [1.29, 1.82) is 0 Å². The number of carbonyl (C=O) groups excluding carboxylic acids is 1. The Morgan fingerprint density at radius 3 is 2.65 bits per heavy atom. The molecule has 2 aliphatic heterocycles. The normalized spacial score (nSPS) is 37.1. The second kappa shape index (κ2) is 4.12. The van der Waals surface area contributed by atoms with Crippen LogP contribution in [-0.4, -0.2) is 40.9 Å². The number of rotatable bonds is 0. The molecule has 17 heavy (non-hydrogen) atoms. The second-order valence-corrected chi connectivity index (χ2v) is 6.03. The smallest absolute Gasteiger partial charge is 0.410 e. The highest BCUT2D eigenvalue weighted by molar-refractivity contribution is 5.70. The van der Waals surface area contributed by atoms with Gasteiger partial charge in [-0.3, -0.25) is 4.90 Å². The summed E-state index contributed by atoms with van der Waals surface area (Å²) in [6, 6.07) is -0.776. The molecule has 0 saturated carbocycles. The van der Waals surface area contributed by atoms with Gasteiger partial charge < -0.3 is 10.5 Å². The Labute approximate surface area is 101 Å². The third kappa shape index (κ3) is 2.39. The van der Waals surface area contributed by atoms with Gasteiger partial charge in [0.2, 0.25) is 0 Å². The zero-order chi connectivity index (χ0) is 12.8. The zero-order valence-electron chi connectivity index (χ0n) is 10.6. The number of hydrogen-bond acceptors (Lipinski definition) is 3. The largest absolute Gasteiger partial charge is 0.444 e. The van der Waals surface area contributed by atoms with Gasteiger partial charge in [0.15, 0.2) is 0 Å². The fourth-order valence-electron chi connectivity index (χ4n) is 2.78. The minimum atomic E-state index is -1.12. The van der Waals surface area contributed by atoms with Crippen LogP contribution in [0.5, 0.6) is 0 Å². The number of nitrogens with zero attached hydrogens (tertiary/aromatic N) is 1. The average Bonchev–Trinajstić information content (AvgIpc) is 2.51. The van der Waals surface area contributed by atoms with E-state index in [1.165, 1.54) is 0 Å². The van der Waals surface area contributed by atoms with E-state index in [1.54, 1.807) is 4.90 Å². The Bertz CT molecular complexity index is 316. The lowest BCUT2D eigenvalue weighted by Gasteiger charge is -2.40. The summed E-state index contributed by atoms with van der Waals surface area (Å²) in [5.41, 5.74) is 5.20. The maximum absolute atomic E-state index is 13.9. The molecule has 2 bridgehead atoms. The molecule has 5 heteroatoms. The first-order valence-electron chi connectivity index (χ1n) is 6.20. The van der Waals surface area contributed by atoms with Gasteiger partial charge in [0.1, 0.15) is 11.8 Å². The van der Waals surface area contributed by atoms with Gasteiger partial charge in [0.25, 0.3) is 0 Å². The van der Waals surface area contributed by atoms with Crippen molar-refractivity contribution < 1.29 is 13.9 Å². The Balaban J connectivity index is 2.10. The summed E-state index contributed by atoms with van der Waals surface area (Å²) in [5, 5.41) is 0. The van der Waals surface area contributed by atoms with E-state index in [0.717, 1.165) is 6.42 Å². The van der Waals surface area contributed by atoms with Crippen LogP contribution in [0.3, 0.4) is 0 Å². The number of carbonyl (C=O) groups is 1. The average molecular weight is 244 g/mol. The number of piperidine rings is 1. The molecule has 2 N–H and O–H groups in total. The van der Waals surface area contributed by atoms with Gasteiger partial charge in [-0.25, -0.2) is 9.18 Å². The van der Waals surface area contributed by atoms with E-state index in [9.17, 15) is 9.18 Å². The standard InChI is InChI=1S/C12H21FN2O2/c1-12(2,3)17-11(16)15-7-4-5-9(15)10(13)8(14)6-7/h7-10H,4-6,14H2,1-3H3/t7-,8-,9-,10-/m1/s1.